The molecule has 2 heterocycles. The first-order valence-electron chi connectivity index (χ1n) is 10.7. The average Bonchev–Trinajstić information content (AvgIpc) is 3.38. The fourth-order valence-electron chi connectivity index (χ4n) is 3.59. The maximum atomic E-state index is 13.2. The van der Waals surface area contributed by atoms with Gasteiger partial charge >= 0.3 is 6.18 Å². The zero-order chi connectivity index (χ0) is 24.5. The number of aryl methyl sites for hydroxylation is 2. The molecule has 2 aromatic heterocycles. The third-order valence-corrected chi connectivity index (χ3v) is 6.07. The Labute approximate surface area is 204 Å². The van der Waals surface area contributed by atoms with Crippen LogP contribution < -0.4 is 10.1 Å². The van der Waals surface area contributed by atoms with Gasteiger partial charge in [0.25, 0.3) is 5.91 Å². The van der Waals surface area contributed by atoms with Crippen LogP contribution in [-0.4, -0.2) is 22.2 Å². The number of ether oxygens (including phenoxy) is 1. The van der Waals surface area contributed by atoms with Gasteiger partial charge in [0.05, 0.1) is 15.7 Å². The molecule has 0 saturated heterocycles. The van der Waals surface area contributed by atoms with E-state index in [1.165, 1.54) is 10.7 Å². The van der Waals surface area contributed by atoms with Gasteiger partial charge < -0.3 is 14.5 Å². The summed E-state index contributed by atoms with van der Waals surface area (Å²) in [6.07, 6.45) is -2.64. The highest BCUT2D eigenvalue weighted by atomic mass is 35.5. The summed E-state index contributed by atoms with van der Waals surface area (Å²) in [6.45, 7) is 2.41. The first kappa shape index (κ1) is 24.5. The Hall–Kier alpha value is -2.65. The van der Waals surface area contributed by atoms with Crippen molar-refractivity contribution in [1.82, 2.24) is 15.1 Å². The monoisotopic (exact) mass is 515 g/mol. The van der Waals surface area contributed by atoms with E-state index in [0.717, 1.165) is 18.4 Å². The van der Waals surface area contributed by atoms with Gasteiger partial charge in [-0.25, -0.2) is 0 Å². The predicted molar refractivity (Wildman–Crippen MR) is 120 cm³/mol. The number of alkyl halides is 3. The summed E-state index contributed by atoms with van der Waals surface area (Å²) in [5, 5.41) is 6.54. The smallest absolute Gasteiger partial charge is 0.436 e. The number of rotatable bonds is 9. The fourth-order valence-corrected chi connectivity index (χ4v) is 4.26. The Morgan fingerprint density at radius 2 is 2.03 bits per heavy atom. The second-order valence-corrected chi connectivity index (χ2v) is 8.88. The molecule has 1 aliphatic carbocycles. The number of nitrogens with one attached hydrogen (secondary N) is 1. The van der Waals surface area contributed by atoms with E-state index in [-0.39, 0.29) is 36.4 Å². The van der Waals surface area contributed by atoms with E-state index in [1.807, 2.05) is 19.1 Å². The lowest BCUT2D eigenvalue weighted by Crippen LogP contribution is -2.25. The summed E-state index contributed by atoms with van der Waals surface area (Å²) in [5.74, 6) is 0.671. The van der Waals surface area contributed by atoms with Gasteiger partial charge in [-0.3, -0.25) is 9.48 Å². The van der Waals surface area contributed by atoms with Crippen molar-refractivity contribution >= 4 is 29.1 Å². The van der Waals surface area contributed by atoms with E-state index in [1.54, 1.807) is 12.1 Å². The van der Waals surface area contributed by atoms with Crippen LogP contribution in [0.2, 0.25) is 10.0 Å². The number of furan rings is 1. The molecular formula is C23H22Cl2F3N3O3. The Balaban J connectivity index is 1.29. The second kappa shape index (κ2) is 9.92. The third kappa shape index (κ3) is 5.52. The highest BCUT2D eigenvalue weighted by Gasteiger charge is 2.41. The minimum atomic E-state index is -4.61. The molecule has 1 amide bonds. The SMILES string of the molecule is Cc1cccc(Cl)c1OCc1ccc(C(=O)NCCCn2nc(C(F)(F)F)c(Cl)c2C2CC2)o1. The zero-order valence-electron chi connectivity index (χ0n) is 18.2. The van der Waals surface area contributed by atoms with Crippen molar-refractivity contribution in [2.24, 2.45) is 0 Å². The van der Waals surface area contributed by atoms with Crippen molar-refractivity contribution in [1.29, 1.82) is 0 Å². The van der Waals surface area contributed by atoms with Crippen LogP contribution in [0.15, 0.2) is 34.7 Å². The molecule has 34 heavy (non-hydrogen) atoms. The molecule has 1 N–H and O–H groups in total. The Kier molecular flexibility index (Phi) is 7.14. The van der Waals surface area contributed by atoms with Crippen LogP contribution in [0.3, 0.4) is 0 Å². The van der Waals surface area contributed by atoms with E-state index < -0.39 is 17.8 Å². The molecule has 11 heteroatoms. The van der Waals surface area contributed by atoms with Crippen LogP contribution in [0.1, 0.15) is 58.4 Å². The van der Waals surface area contributed by atoms with Crippen LogP contribution in [0.5, 0.6) is 5.75 Å². The van der Waals surface area contributed by atoms with Crippen LogP contribution in [0.4, 0.5) is 13.2 Å². The Morgan fingerprint density at radius 1 is 1.26 bits per heavy atom. The fraction of sp³-hybridized carbons (Fsp3) is 0.391. The summed E-state index contributed by atoms with van der Waals surface area (Å²) < 4.78 is 52.0. The van der Waals surface area contributed by atoms with E-state index >= 15 is 0 Å². The number of aromatic nitrogens is 2. The molecule has 4 rings (SSSR count). The molecule has 0 atom stereocenters. The summed E-state index contributed by atoms with van der Waals surface area (Å²) in [6, 6.07) is 8.58. The van der Waals surface area contributed by atoms with Gasteiger partial charge in [0.1, 0.15) is 18.1 Å². The summed E-state index contributed by atoms with van der Waals surface area (Å²) >= 11 is 12.1. The number of amides is 1. The van der Waals surface area contributed by atoms with Crippen molar-refractivity contribution in [3.63, 3.8) is 0 Å². The van der Waals surface area contributed by atoms with E-state index in [9.17, 15) is 18.0 Å². The number of para-hydroxylation sites is 1. The molecule has 0 aliphatic heterocycles. The normalized spacial score (nSPS) is 13.8. The lowest BCUT2D eigenvalue weighted by molar-refractivity contribution is -0.141. The molecule has 182 valence electrons. The summed E-state index contributed by atoms with van der Waals surface area (Å²) in [7, 11) is 0. The summed E-state index contributed by atoms with van der Waals surface area (Å²) in [5.41, 5.74) is 0.241. The molecule has 1 fully saturated rings. The van der Waals surface area contributed by atoms with Gasteiger partial charge in [0.2, 0.25) is 0 Å². The van der Waals surface area contributed by atoms with E-state index in [4.69, 9.17) is 32.4 Å². The maximum absolute atomic E-state index is 13.2. The van der Waals surface area contributed by atoms with E-state index in [0.29, 0.717) is 28.6 Å². The van der Waals surface area contributed by atoms with Crippen LogP contribution in [0.25, 0.3) is 0 Å². The molecular weight excluding hydrogens is 494 g/mol. The highest BCUT2D eigenvalue weighted by molar-refractivity contribution is 6.32. The van der Waals surface area contributed by atoms with Crippen LogP contribution >= 0.6 is 23.2 Å². The Bertz CT molecular complexity index is 1170. The molecule has 0 bridgehead atoms. The molecule has 1 saturated carbocycles. The molecule has 6 nitrogen and oxygen atoms in total. The quantitative estimate of drug-likeness (QED) is 0.335. The van der Waals surface area contributed by atoms with Crippen molar-refractivity contribution in [2.75, 3.05) is 6.54 Å². The highest BCUT2D eigenvalue weighted by Crippen LogP contribution is 2.46. The van der Waals surface area contributed by atoms with Gasteiger partial charge in [-0.2, -0.15) is 18.3 Å². The number of nitrogens with zero attached hydrogens (tertiary/aromatic N) is 2. The van der Waals surface area contributed by atoms with Crippen molar-refractivity contribution in [3.8, 4) is 5.75 Å². The molecule has 0 unspecified atom stereocenters. The first-order chi connectivity index (χ1) is 16.1. The number of benzene rings is 1. The number of carbonyl (C=O) groups excluding carboxylic acids is 1. The number of hydrogen-bond donors (Lipinski definition) is 1. The number of hydrogen-bond acceptors (Lipinski definition) is 4. The Morgan fingerprint density at radius 3 is 2.71 bits per heavy atom. The minimum Gasteiger partial charge on any atom is -0.484 e. The lowest BCUT2D eigenvalue weighted by Gasteiger charge is -2.09. The molecule has 1 aromatic carbocycles. The van der Waals surface area contributed by atoms with Crippen molar-refractivity contribution in [2.45, 2.75) is 51.4 Å². The van der Waals surface area contributed by atoms with Crippen LogP contribution in [0, 0.1) is 6.92 Å². The number of carbonyl (C=O) groups is 1. The standard InChI is InChI=1S/C23H22Cl2F3N3O3/c1-13-4-2-5-16(24)20(13)33-12-15-8-9-17(34-15)22(32)29-10-3-11-31-19(14-6-7-14)18(25)21(30-31)23(26,27)28/h2,4-5,8-9,14H,3,6-7,10-12H2,1H3,(H,29,32). The first-order valence-corrected chi connectivity index (χ1v) is 11.5. The zero-order valence-corrected chi connectivity index (χ0v) is 19.7. The number of halogens is 5. The maximum Gasteiger partial charge on any atom is 0.436 e. The third-order valence-electron chi connectivity index (χ3n) is 5.40. The largest absolute Gasteiger partial charge is 0.484 e. The second-order valence-electron chi connectivity index (χ2n) is 8.09. The van der Waals surface area contributed by atoms with Crippen molar-refractivity contribution < 1.29 is 27.1 Å². The van der Waals surface area contributed by atoms with E-state index in [2.05, 4.69) is 10.4 Å². The molecule has 1 aliphatic rings. The van der Waals surface area contributed by atoms with Gasteiger partial charge in [-0.1, -0.05) is 35.3 Å². The topological polar surface area (TPSA) is 69.3 Å². The van der Waals surface area contributed by atoms with Gasteiger partial charge in [0, 0.05) is 19.0 Å². The minimum absolute atomic E-state index is 0.00371. The lowest BCUT2D eigenvalue weighted by atomic mass is 10.2. The molecule has 0 radical (unpaired) electrons. The van der Waals surface area contributed by atoms with Gasteiger partial charge in [-0.05, 0) is 49.9 Å². The van der Waals surface area contributed by atoms with Crippen LogP contribution in [-0.2, 0) is 19.3 Å². The average molecular weight is 516 g/mol. The summed E-state index contributed by atoms with van der Waals surface area (Å²) in [4.78, 5) is 12.4. The molecule has 0 spiro atoms. The van der Waals surface area contributed by atoms with Gasteiger partial charge in [0.15, 0.2) is 11.5 Å². The van der Waals surface area contributed by atoms with Crippen molar-refractivity contribution in [3.05, 3.63) is 68.8 Å². The van der Waals surface area contributed by atoms with Gasteiger partial charge in [-0.15, -0.1) is 0 Å². The predicted octanol–water partition coefficient (Wildman–Crippen LogP) is 6.39. The molecule has 3 aromatic rings.